The Morgan fingerprint density at radius 1 is 1.33 bits per heavy atom. The van der Waals surface area contributed by atoms with Crippen LogP contribution >= 0.6 is 23.1 Å². The van der Waals surface area contributed by atoms with E-state index < -0.39 is 0 Å². The van der Waals surface area contributed by atoms with Crippen molar-refractivity contribution in [2.24, 2.45) is 0 Å². The van der Waals surface area contributed by atoms with Gasteiger partial charge in [-0.2, -0.15) is 5.26 Å². The first-order valence-corrected chi connectivity index (χ1v) is 10.1. The fourth-order valence-electron chi connectivity index (χ4n) is 2.30. The quantitative estimate of drug-likeness (QED) is 0.583. The smallest absolute Gasteiger partial charge is 0.235 e. The highest BCUT2D eigenvalue weighted by Gasteiger charge is 2.15. The number of amides is 1. The van der Waals surface area contributed by atoms with E-state index in [9.17, 15) is 4.79 Å². The summed E-state index contributed by atoms with van der Waals surface area (Å²) < 4.78 is 7.65. The van der Waals surface area contributed by atoms with Crippen molar-refractivity contribution in [3.8, 4) is 11.8 Å². The SMILES string of the molecule is CCn1c(COc2ccccc2)nnc1SCC(=O)Nc1sccc1C#N. The number of benzene rings is 1. The van der Waals surface area contributed by atoms with E-state index in [1.54, 1.807) is 11.4 Å². The summed E-state index contributed by atoms with van der Waals surface area (Å²) in [6.45, 7) is 2.97. The molecule has 0 saturated carbocycles. The lowest BCUT2D eigenvalue weighted by Gasteiger charge is -2.09. The first-order chi connectivity index (χ1) is 13.2. The second-order valence-electron chi connectivity index (χ2n) is 5.36. The van der Waals surface area contributed by atoms with E-state index in [0.717, 1.165) is 5.75 Å². The minimum atomic E-state index is -0.188. The second kappa shape index (κ2) is 9.21. The van der Waals surface area contributed by atoms with Crippen LogP contribution < -0.4 is 10.1 Å². The number of ether oxygens (including phenoxy) is 1. The number of carbonyl (C=O) groups excluding carboxylic acids is 1. The molecule has 1 aromatic carbocycles. The molecule has 0 bridgehead atoms. The van der Waals surface area contributed by atoms with Gasteiger partial charge >= 0.3 is 0 Å². The van der Waals surface area contributed by atoms with Crippen molar-refractivity contribution in [1.29, 1.82) is 5.26 Å². The Balaban J connectivity index is 1.58. The van der Waals surface area contributed by atoms with E-state index >= 15 is 0 Å². The molecule has 0 fully saturated rings. The molecule has 0 saturated heterocycles. The summed E-state index contributed by atoms with van der Waals surface area (Å²) in [5.41, 5.74) is 0.468. The zero-order valence-corrected chi connectivity index (χ0v) is 16.2. The first-order valence-electron chi connectivity index (χ1n) is 8.21. The van der Waals surface area contributed by atoms with Gasteiger partial charge in [-0.05, 0) is 30.5 Å². The van der Waals surface area contributed by atoms with Gasteiger partial charge in [0.25, 0.3) is 0 Å². The summed E-state index contributed by atoms with van der Waals surface area (Å²) in [6.07, 6.45) is 0. The number of carbonyl (C=O) groups is 1. The third-order valence-corrected chi connectivity index (χ3v) is 5.39. The molecule has 1 amide bonds. The molecule has 3 rings (SSSR count). The van der Waals surface area contributed by atoms with Crippen molar-refractivity contribution in [2.75, 3.05) is 11.1 Å². The van der Waals surface area contributed by atoms with Crippen molar-refractivity contribution in [3.63, 3.8) is 0 Å². The highest BCUT2D eigenvalue weighted by atomic mass is 32.2. The molecule has 1 N–H and O–H groups in total. The molecule has 2 heterocycles. The zero-order valence-electron chi connectivity index (χ0n) is 14.6. The number of nitrogens with zero attached hydrogens (tertiary/aromatic N) is 4. The molecule has 0 spiro atoms. The summed E-state index contributed by atoms with van der Waals surface area (Å²) >= 11 is 2.63. The van der Waals surface area contributed by atoms with E-state index in [4.69, 9.17) is 10.00 Å². The van der Waals surface area contributed by atoms with Crippen LogP contribution in [0.2, 0.25) is 0 Å². The minimum Gasteiger partial charge on any atom is -0.486 e. The minimum absolute atomic E-state index is 0.181. The van der Waals surface area contributed by atoms with Gasteiger partial charge in [0.05, 0.1) is 11.3 Å². The number of nitrogens with one attached hydrogen (secondary N) is 1. The van der Waals surface area contributed by atoms with Crippen LogP contribution in [0.25, 0.3) is 0 Å². The van der Waals surface area contributed by atoms with Gasteiger partial charge in [0.1, 0.15) is 23.4 Å². The molecule has 7 nitrogen and oxygen atoms in total. The lowest BCUT2D eigenvalue weighted by Crippen LogP contribution is -2.14. The second-order valence-corrected chi connectivity index (χ2v) is 7.22. The molecule has 0 atom stereocenters. The van der Waals surface area contributed by atoms with E-state index in [0.29, 0.717) is 34.7 Å². The molecule has 0 aliphatic rings. The average Bonchev–Trinajstić information content (AvgIpc) is 3.31. The standard InChI is InChI=1S/C18H17N5O2S2/c1-2-23-15(11-25-14-6-4-3-5-7-14)21-22-18(23)27-12-16(24)20-17-13(10-19)8-9-26-17/h3-9H,2,11-12H2,1H3,(H,20,24). The number of thioether (sulfide) groups is 1. The van der Waals surface area contributed by atoms with Gasteiger partial charge in [-0.25, -0.2) is 0 Å². The Morgan fingerprint density at radius 3 is 2.89 bits per heavy atom. The lowest BCUT2D eigenvalue weighted by molar-refractivity contribution is -0.113. The Hall–Kier alpha value is -2.83. The van der Waals surface area contributed by atoms with E-state index in [-0.39, 0.29) is 11.7 Å². The Bertz CT molecular complexity index is 946. The maximum atomic E-state index is 12.2. The van der Waals surface area contributed by atoms with Crippen molar-refractivity contribution in [3.05, 3.63) is 53.2 Å². The van der Waals surface area contributed by atoms with Crippen molar-refractivity contribution in [1.82, 2.24) is 14.8 Å². The Morgan fingerprint density at radius 2 is 2.15 bits per heavy atom. The van der Waals surface area contributed by atoms with Crippen molar-refractivity contribution in [2.45, 2.75) is 25.2 Å². The Labute approximate surface area is 165 Å². The Kier molecular flexibility index (Phi) is 6.46. The number of aromatic nitrogens is 3. The molecular weight excluding hydrogens is 382 g/mol. The highest BCUT2D eigenvalue weighted by molar-refractivity contribution is 7.99. The van der Waals surface area contributed by atoms with Gasteiger partial charge in [0.2, 0.25) is 5.91 Å². The summed E-state index contributed by atoms with van der Waals surface area (Å²) in [5, 5.41) is 23.1. The third-order valence-electron chi connectivity index (χ3n) is 3.59. The van der Waals surface area contributed by atoms with Crippen LogP contribution in [0.3, 0.4) is 0 Å². The number of thiophene rings is 1. The van der Waals surface area contributed by atoms with Crippen LogP contribution in [-0.2, 0) is 17.9 Å². The number of anilines is 1. The molecule has 138 valence electrons. The summed E-state index contributed by atoms with van der Waals surface area (Å²) in [6, 6.07) is 13.2. The number of hydrogen-bond donors (Lipinski definition) is 1. The van der Waals surface area contributed by atoms with Crippen molar-refractivity contribution >= 4 is 34.0 Å². The predicted octanol–water partition coefficient (Wildman–Crippen LogP) is 3.54. The maximum absolute atomic E-state index is 12.2. The number of para-hydroxylation sites is 1. The summed E-state index contributed by atoms with van der Waals surface area (Å²) in [7, 11) is 0. The topological polar surface area (TPSA) is 92.8 Å². The molecule has 0 unspecified atom stereocenters. The zero-order chi connectivity index (χ0) is 19.1. The molecule has 0 aliphatic heterocycles. The highest BCUT2D eigenvalue weighted by Crippen LogP contribution is 2.23. The monoisotopic (exact) mass is 399 g/mol. The molecule has 3 aromatic rings. The van der Waals surface area contributed by atoms with Gasteiger partial charge in [-0.15, -0.1) is 21.5 Å². The first kappa shape index (κ1) is 18.9. The molecule has 0 radical (unpaired) electrons. The molecule has 27 heavy (non-hydrogen) atoms. The summed E-state index contributed by atoms with van der Waals surface area (Å²) in [5.74, 6) is 1.46. The van der Waals surface area contributed by atoms with Gasteiger partial charge in [0.15, 0.2) is 11.0 Å². The molecule has 9 heteroatoms. The van der Waals surface area contributed by atoms with E-state index in [1.807, 2.05) is 41.8 Å². The fraction of sp³-hybridized carbons (Fsp3) is 0.222. The molecular formula is C18H17N5O2S2. The van der Waals surface area contributed by atoms with Crippen LogP contribution in [0.15, 0.2) is 46.9 Å². The van der Waals surface area contributed by atoms with Gasteiger partial charge in [-0.3, -0.25) is 4.79 Å². The number of rotatable bonds is 8. The van der Waals surface area contributed by atoms with Crippen LogP contribution in [0, 0.1) is 11.3 Å². The molecule has 2 aromatic heterocycles. The van der Waals surface area contributed by atoms with Gasteiger partial charge < -0.3 is 14.6 Å². The van der Waals surface area contributed by atoms with Gasteiger partial charge in [0, 0.05) is 6.54 Å². The lowest BCUT2D eigenvalue weighted by atomic mass is 10.3. The maximum Gasteiger partial charge on any atom is 0.235 e. The number of hydrogen-bond acceptors (Lipinski definition) is 7. The fourth-order valence-corrected chi connectivity index (χ4v) is 3.88. The predicted molar refractivity (Wildman–Crippen MR) is 105 cm³/mol. The van der Waals surface area contributed by atoms with E-state index in [2.05, 4.69) is 21.6 Å². The normalized spacial score (nSPS) is 10.4. The van der Waals surface area contributed by atoms with Crippen LogP contribution in [0.5, 0.6) is 5.75 Å². The van der Waals surface area contributed by atoms with Crippen LogP contribution in [0.4, 0.5) is 5.00 Å². The third kappa shape index (κ3) is 4.87. The van der Waals surface area contributed by atoms with Crippen molar-refractivity contribution < 1.29 is 9.53 Å². The summed E-state index contributed by atoms with van der Waals surface area (Å²) in [4.78, 5) is 12.2. The largest absolute Gasteiger partial charge is 0.486 e. The van der Waals surface area contributed by atoms with Gasteiger partial charge in [-0.1, -0.05) is 30.0 Å². The number of nitriles is 1. The van der Waals surface area contributed by atoms with Crippen LogP contribution in [-0.4, -0.2) is 26.4 Å². The molecule has 0 aliphatic carbocycles. The van der Waals surface area contributed by atoms with Crippen LogP contribution in [0.1, 0.15) is 18.3 Å². The average molecular weight is 400 g/mol. The van der Waals surface area contributed by atoms with E-state index in [1.165, 1.54) is 23.1 Å².